The summed E-state index contributed by atoms with van der Waals surface area (Å²) in [5.74, 6) is 0.768. The lowest BCUT2D eigenvalue weighted by atomic mass is 10.2. The number of carbonyl (C=O) groups excluding carboxylic acids is 1. The molecule has 0 unspecified atom stereocenters. The molecule has 0 aliphatic carbocycles. The first kappa shape index (κ1) is 17.6. The van der Waals surface area contributed by atoms with Crippen LogP contribution in [0.5, 0.6) is 0 Å². The lowest BCUT2D eigenvalue weighted by Crippen LogP contribution is -2.12. The number of amides is 1. The molecule has 0 aliphatic heterocycles. The smallest absolute Gasteiger partial charge is 0.217 e. The van der Waals surface area contributed by atoms with Crippen LogP contribution in [0, 0.1) is 5.82 Å². The molecule has 0 saturated carbocycles. The van der Waals surface area contributed by atoms with E-state index in [4.69, 9.17) is 5.73 Å². The molecule has 1 aromatic carbocycles. The molecule has 2 N–H and O–H groups in total. The number of hydrogen-bond acceptors (Lipinski definition) is 6. The van der Waals surface area contributed by atoms with Gasteiger partial charge in [-0.1, -0.05) is 11.8 Å². The molecule has 0 atom stereocenters. The first-order valence-electron chi connectivity index (χ1n) is 7.52. The first-order valence-corrected chi connectivity index (χ1v) is 9.39. The highest BCUT2D eigenvalue weighted by Gasteiger charge is 2.12. The van der Waals surface area contributed by atoms with E-state index in [2.05, 4.69) is 15.2 Å². The van der Waals surface area contributed by atoms with Crippen LogP contribution in [-0.2, 0) is 24.0 Å². The summed E-state index contributed by atoms with van der Waals surface area (Å²) in [6.45, 7) is 0. The lowest BCUT2D eigenvalue weighted by Gasteiger charge is -2.02. The standard InChI is InChI=1S/C16H16FN5OS2/c1-22-14(7-6-13(18)23)20-21-16(22)25-9-12-8-24-15(19-12)10-2-4-11(17)5-3-10/h2-5,8H,6-7,9H2,1H3,(H2,18,23). The maximum Gasteiger partial charge on any atom is 0.217 e. The van der Waals surface area contributed by atoms with Crippen molar-refractivity contribution in [3.05, 3.63) is 47.0 Å². The van der Waals surface area contributed by atoms with Crippen molar-refractivity contribution in [2.75, 3.05) is 0 Å². The highest BCUT2D eigenvalue weighted by atomic mass is 32.2. The number of thiazole rings is 1. The zero-order chi connectivity index (χ0) is 17.8. The number of nitrogens with two attached hydrogens (primary N) is 1. The summed E-state index contributed by atoms with van der Waals surface area (Å²) in [5.41, 5.74) is 6.99. The molecule has 6 nitrogen and oxygen atoms in total. The summed E-state index contributed by atoms with van der Waals surface area (Å²) >= 11 is 3.05. The van der Waals surface area contributed by atoms with Crippen molar-refractivity contribution in [1.29, 1.82) is 0 Å². The van der Waals surface area contributed by atoms with Crippen LogP contribution >= 0.6 is 23.1 Å². The van der Waals surface area contributed by atoms with Crippen molar-refractivity contribution in [2.24, 2.45) is 12.8 Å². The topological polar surface area (TPSA) is 86.7 Å². The molecule has 25 heavy (non-hydrogen) atoms. The number of carbonyl (C=O) groups is 1. The van der Waals surface area contributed by atoms with Gasteiger partial charge in [0.25, 0.3) is 0 Å². The van der Waals surface area contributed by atoms with Crippen LogP contribution in [0.3, 0.4) is 0 Å². The minimum atomic E-state index is -0.354. The molecule has 0 saturated heterocycles. The van der Waals surface area contributed by atoms with Gasteiger partial charge in [0.05, 0.1) is 5.69 Å². The number of primary amides is 1. The summed E-state index contributed by atoms with van der Waals surface area (Å²) in [5, 5.41) is 11.8. The molecule has 0 radical (unpaired) electrons. The van der Waals surface area contributed by atoms with Gasteiger partial charge in [-0.15, -0.1) is 21.5 Å². The molecule has 1 amide bonds. The fourth-order valence-electron chi connectivity index (χ4n) is 2.16. The number of halogens is 1. The maximum absolute atomic E-state index is 13.0. The van der Waals surface area contributed by atoms with E-state index >= 15 is 0 Å². The molecular weight excluding hydrogens is 361 g/mol. The second-order valence-electron chi connectivity index (χ2n) is 5.36. The van der Waals surface area contributed by atoms with Crippen LogP contribution in [0.4, 0.5) is 4.39 Å². The van der Waals surface area contributed by atoms with E-state index in [-0.39, 0.29) is 18.1 Å². The van der Waals surface area contributed by atoms with Gasteiger partial charge in [-0.2, -0.15) is 0 Å². The molecule has 3 aromatic rings. The molecule has 0 fully saturated rings. The third kappa shape index (κ3) is 4.43. The van der Waals surface area contributed by atoms with Gasteiger partial charge in [0.15, 0.2) is 5.16 Å². The zero-order valence-corrected chi connectivity index (χ0v) is 15.1. The van der Waals surface area contributed by atoms with Gasteiger partial charge >= 0.3 is 0 Å². The van der Waals surface area contributed by atoms with E-state index < -0.39 is 0 Å². The predicted octanol–water partition coefficient (Wildman–Crippen LogP) is 2.79. The summed E-state index contributed by atoms with van der Waals surface area (Å²) in [6.07, 6.45) is 0.731. The second kappa shape index (κ2) is 7.75. The van der Waals surface area contributed by atoms with E-state index in [9.17, 15) is 9.18 Å². The molecule has 130 valence electrons. The summed E-state index contributed by atoms with van der Waals surface area (Å²) in [4.78, 5) is 15.4. The molecule has 0 bridgehead atoms. The Morgan fingerprint density at radius 2 is 2.08 bits per heavy atom. The number of benzene rings is 1. The van der Waals surface area contributed by atoms with Crippen LogP contribution in [0.25, 0.3) is 10.6 Å². The van der Waals surface area contributed by atoms with E-state index in [0.717, 1.165) is 27.2 Å². The number of hydrogen-bond donors (Lipinski definition) is 1. The Bertz CT molecular complexity index is 875. The molecule has 2 aromatic heterocycles. The second-order valence-corrected chi connectivity index (χ2v) is 7.16. The van der Waals surface area contributed by atoms with Gasteiger partial charge < -0.3 is 10.3 Å². The maximum atomic E-state index is 13.0. The number of thioether (sulfide) groups is 1. The highest BCUT2D eigenvalue weighted by molar-refractivity contribution is 7.98. The number of rotatable bonds is 7. The Morgan fingerprint density at radius 3 is 2.80 bits per heavy atom. The van der Waals surface area contributed by atoms with E-state index in [1.165, 1.54) is 35.2 Å². The number of aryl methyl sites for hydroxylation is 1. The van der Waals surface area contributed by atoms with E-state index in [1.807, 2.05) is 17.0 Å². The van der Waals surface area contributed by atoms with Crippen LogP contribution < -0.4 is 5.73 Å². The first-order chi connectivity index (χ1) is 12.0. The van der Waals surface area contributed by atoms with Crippen molar-refractivity contribution in [1.82, 2.24) is 19.7 Å². The monoisotopic (exact) mass is 377 g/mol. The van der Waals surface area contributed by atoms with Crippen LogP contribution in [0.1, 0.15) is 17.9 Å². The number of aromatic nitrogens is 4. The Kier molecular flexibility index (Phi) is 5.44. The fourth-order valence-corrected chi connectivity index (χ4v) is 3.91. The SMILES string of the molecule is Cn1c(CCC(N)=O)nnc1SCc1csc(-c2ccc(F)cc2)n1. The average Bonchev–Trinajstić information content (AvgIpc) is 3.19. The lowest BCUT2D eigenvalue weighted by molar-refractivity contribution is -0.118. The average molecular weight is 377 g/mol. The Labute approximate surface area is 152 Å². The van der Waals surface area contributed by atoms with E-state index in [0.29, 0.717) is 12.2 Å². The molecule has 0 aliphatic rings. The van der Waals surface area contributed by atoms with E-state index in [1.54, 1.807) is 12.1 Å². The normalized spacial score (nSPS) is 11.0. The summed E-state index contributed by atoms with van der Waals surface area (Å²) < 4.78 is 14.9. The third-order valence-corrected chi connectivity index (χ3v) is 5.51. The van der Waals surface area contributed by atoms with Gasteiger partial charge in [-0.3, -0.25) is 4.79 Å². The third-order valence-electron chi connectivity index (χ3n) is 3.51. The van der Waals surface area contributed by atoms with Crippen LogP contribution in [0.15, 0.2) is 34.8 Å². The largest absolute Gasteiger partial charge is 0.370 e. The number of nitrogens with zero attached hydrogens (tertiary/aromatic N) is 4. The summed E-state index contributed by atoms with van der Waals surface area (Å²) in [6, 6.07) is 6.30. The molecule has 0 spiro atoms. The van der Waals surface area contributed by atoms with Gasteiger partial charge in [0.2, 0.25) is 5.91 Å². The minimum absolute atomic E-state index is 0.254. The highest BCUT2D eigenvalue weighted by Crippen LogP contribution is 2.27. The van der Waals surface area contributed by atoms with Crippen molar-refractivity contribution in [3.63, 3.8) is 0 Å². The quantitative estimate of drug-likeness (QED) is 0.640. The molecule has 3 rings (SSSR count). The predicted molar refractivity (Wildman–Crippen MR) is 95.6 cm³/mol. The van der Waals surface area contributed by atoms with Crippen LogP contribution in [0.2, 0.25) is 0 Å². The molecule has 9 heteroatoms. The van der Waals surface area contributed by atoms with Crippen molar-refractivity contribution in [3.8, 4) is 10.6 Å². The minimum Gasteiger partial charge on any atom is -0.370 e. The molecule has 2 heterocycles. The zero-order valence-electron chi connectivity index (χ0n) is 13.5. The van der Waals surface area contributed by atoms with Crippen molar-refractivity contribution >= 4 is 29.0 Å². The Morgan fingerprint density at radius 1 is 1.32 bits per heavy atom. The van der Waals surface area contributed by atoms with Gasteiger partial charge in [0.1, 0.15) is 16.6 Å². The van der Waals surface area contributed by atoms with Gasteiger partial charge in [0, 0.05) is 36.6 Å². The van der Waals surface area contributed by atoms with Crippen LogP contribution in [-0.4, -0.2) is 25.7 Å². The Balaban J connectivity index is 1.63. The molecular formula is C16H16FN5OS2. The van der Waals surface area contributed by atoms with Crippen molar-refractivity contribution < 1.29 is 9.18 Å². The summed E-state index contributed by atoms with van der Waals surface area (Å²) in [7, 11) is 1.86. The Hall–Kier alpha value is -2.26. The van der Waals surface area contributed by atoms with Gasteiger partial charge in [-0.05, 0) is 24.3 Å². The van der Waals surface area contributed by atoms with Crippen molar-refractivity contribution in [2.45, 2.75) is 23.8 Å². The van der Waals surface area contributed by atoms with Gasteiger partial charge in [-0.25, -0.2) is 9.37 Å². The fraction of sp³-hybridized carbons (Fsp3) is 0.250.